The van der Waals surface area contributed by atoms with Gasteiger partial charge in [-0.05, 0) is 31.4 Å². The van der Waals surface area contributed by atoms with Gasteiger partial charge in [-0.2, -0.15) is 5.10 Å². The van der Waals surface area contributed by atoms with Crippen molar-refractivity contribution in [3.63, 3.8) is 0 Å². The Hall–Kier alpha value is -1.71. The maximum atomic E-state index is 14.0. The Balaban J connectivity index is 1.90. The minimum Gasteiger partial charge on any atom is -0.262 e. The van der Waals surface area contributed by atoms with Gasteiger partial charge in [-0.1, -0.05) is 31.4 Å². The van der Waals surface area contributed by atoms with Crippen LogP contribution in [0.1, 0.15) is 49.4 Å². The normalized spacial score (nSPS) is 16.7. The molecule has 19 heavy (non-hydrogen) atoms. The molecule has 0 radical (unpaired) electrons. The van der Waals surface area contributed by atoms with Crippen molar-refractivity contribution in [2.45, 2.75) is 44.9 Å². The van der Waals surface area contributed by atoms with Gasteiger partial charge in [-0.3, -0.25) is 5.10 Å². The van der Waals surface area contributed by atoms with Gasteiger partial charge in [0, 0.05) is 5.92 Å². The average molecular weight is 259 g/mol. The summed E-state index contributed by atoms with van der Waals surface area (Å²) in [5.41, 5.74) is 1.11. The van der Waals surface area contributed by atoms with E-state index in [0.717, 1.165) is 18.7 Å². The summed E-state index contributed by atoms with van der Waals surface area (Å²) in [7, 11) is 0. The fourth-order valence-corrected chi connectivity index (χ4v) is 2.77. The molecule has 1 aromatic carbocycles. The van der Waals surface area contributed by atoms with Crippen molar-refractivity contribution in [2.75, 3.05) is 0 Å². The fourth-order valence-electron chi connectivity index (χ4n) is 2.77. The molecule has 0 aliphatic heterocycles. The van der Waals surface area contributed by atoms with Crippen molar-refractivity contribution in [2.24, 2.45) is 0 Å². The Morgan fingerprint density at radius 1 is 1.21 bits per heavy atom. The largest absolute Gasteiger partial charge is 0.262 e. The second kappa shape index (κ2) is 5.11. The maximum Gasteiger partial charge on any atom is 0.184 e. The molecule has 0 saturated heterocycles. The zero-order chi connectivity index (χ0) is 13.2. The highest BCUT2D eigenvalue weighted by Gasteiger charge is 2.20. The first kappa shape index (κ1) is 12.3. The van der Waals surface area contributed by atoms with Gasteiger partial charge in [0.25, 0.3) is 0 Å². The molecular weight excluding hydrogens is 241 g/mol. The van der Waals surface area contributed by atoms with Crippen LogP contribution in [0.15, 0.2) is 18.2 Å². The molecule has 1 aromatic heterocycles. The number of aromatic nitrogens is 3. The average Bonchev–Trinajstić information content (AvgIpc) is 2.92. The number of H-pyrrole nitrogens is 1. The standard InChI is InChI=1S/C15H18FN3/c1-10-6-5-9-12(13(10)16)15-17-14(18-19-15)11-7-3-2-4-8-11/h5-6,9,11H,2-4,7-8H2,1H3,(H,17,18,19). The van der Waals surface area contributed by atoms with E-state index in [-0.39, 0.29) is 5.82 Å². The van der Waals surface area contributed by atoms with E-state index in [0.29, 0.717) is 22.9 Å². The molecule has 4 heteroatoms. The summed E-state index contributed by atoms with van der Waals surface area (Å²) in [6.07, 6.45) is 6.12. The summed E-state index contributed by atoms with van der Waals surface area (Å²) in [5, 5.41) is 7.18. The lowest BCUT2D eigenvalue weighted by molar-refractivity contribution is 0.429. The lowest BCUT2D eigenvalue weighted by Gasteiger charge is -2.18. The number of halogens is 1. The molecule has 0 atom stereocenters. The second-order valence-electron chi connectivity index (χ2n) is 5.32. The van der Waals surface area contributed by atoms with Gasteiger partial charge in [0.2, 0.25) is 0 Å². The highest BCUT2D eigenvalue weighted by atomic mass is 19.1. The third-order valence-electron chi connectivity index (χ3n) is 3.93. The summed E-state index contributed by atoms with van der Waals surface area (Å²) in [6.45, 7) is 1.76. The van der Waals surface area contributed by atoms with Crippen molar-refractivity contribution in [1.82, 2.24) is 15.2 Å². The zero-order valence-corrected chi connectivity index (χ0v) is 11.1. The highest BCUT2D eigenvalue weighted by molar-refractivity contribution is 5.56. The van der Waals surface area contributed by atoms with Crippen molar-refractivity contribution < 1.29 is 4.39 Å². The molecule has 1 aliphatic carbocycles. The van der Waals surface area contributed by atoms with Crippen molar-refractivity contribution in [3.8, 4) is 11.4 Å². The lowest BCUT2D eigenvalue weighted by Crippen LogP contribution is -2.06. The summed E-state index contributed by atoms with van der Waals surface area (Å²) in [6, 6.07) is 5.33. The number of hydrogen-bond acceptors (Lipinski definition) is 2. The Morgan fingerprint density at radius 3 is 2.79 bits per heavy atom. The fraction of sp³-hybridized carbons (Fsp3) is 0.467. The van der Waals surface area contributed by atoms with Crippen LogP contribution < -0.4 is 0 Å². The zero-order valence-electron chi connectivity index (χ0n) is 11.1. The van der Waals surface area contributed by atoms with E-state index in [9.17, 15) is 4.39 Å². The predicted molar refractivity (Wildman–Crippen MR) is 72.3 cm³/mol. The summed E-state index contributed by atoms with van der Waals surface area (Å²) in [4.78, 5) is 4.50. The Kier molecular flexibility index (Phi) is 3.32. The van der Waals surface area contributed by atoms with Crippen LogP contribution in [0.25, 0.3) is 11.4 Å². The molecule has 3 rings (SSSR count). The number of benzene rings is 1. The second-order valence-corrected chi connectivity index (χ2v) is 5.32. The number of aromatic amines is 1. The van der Waals surface area contributed by atoms with E-state index in [1.807, 2.05) is 6.07 Å². The monoisotopic (exact) mass is 259 g/mol. The molecule has 1 saturated carbocycles. The minimum atomic E-state index is -0.225. The van der Waals surface area contributed by atoms with Crippen LogP contribution in [-0.4, -0.2) is 15.2 Å². The lowest BCUT2D eigenvalue weighted by atomic mass is 9.89. The third-order valence-corrected chi connectivity index (χ3v) is 3.93. The molecule has 0 unspecified atom stereocenters. The summed E-state index contributed by atoms with van der Waals surface area (Å²) in [5.74, 6) is 1.62. The topological polar surface area (TPSA) is 41.6 Å². The quantitative estimate of drug-likeness (QED) is 0.886. The maximum absolute atomic E-state index is 14.0. The van der Waals surface area contributed by atoms with Gasteiger partial charge < -0.3 is 0 Å². The van der Waals surface area contributed by atoms with Gasteiger partial charge in [-0.15, -0.1) is 0 Å². The van der Waals surface area contributed by atoms with Gasteiger partial charge in [0.15, 0.2) is 5.82 Å². The SMILES string of the molecule is Cc1cccc(-c2n[nH]c(C3CCCCC3)n2)c1F. The van der Waals surface area contributed by atoms with Crippen LogP contribution in [0.3, 0.4) is 0 Å². The molecule has 2 aromatic rings. The van der Waals surface area contributed by atoms with Crippen LogP contribution in [0.5, 0.6) is 0 Å². The van der Waals surface area contributed by atoms with E-state index in [4.69, 9.17) is 0 Å². The van der Waals surface area contributed by atoms with Crippen molar-refractivity contribution in [3.05, 3.63) is 35.4 Å². The molecule has 3 nitrogen and oxygen atoms in total. The highest BCUT2D eigenvalue weighted by Crippen LogP contribution is 2.31. The predicted octanol–water partition coefficient (Wildman–Crippen LogP) is 3.97. The van der Waals surface area contributed by atoms with E-state index >= 15 is 0 Å². The number of aryl methyl sites for hydroxylation is 1. The third kappa shape index (κ3) is 2.39. The Bertz CT molecular complexity index is 571. The van der Waals surface area contributed by atoms with E-state index in [1.54, 1.807) is 19.1 Å². The molecule has 1 N–H and O–H groups in total. The van der Waals surface area contributed by atoms with Crippen LogP contribution in [0, 0.1) is 12.7 Å². The molecular formula is C15H18FN3. The smallest absolute Gasteiger partial charge is 0.184 e. The molecule has 1 fully saturated rings. The number of nitrogens with one attached hydrogen (secondary N) is 1. The Morgan fingerprint density at radius 2 is 2.00 bits per heavy atom. The first-order chi connectivity index (χ1) is 9.25. The van der Waals surface area contributed by atoms with Gasteiger partial charge in [0.1, 0.15) is 11.6 Å². The van der Waals surface area contributed by atoms with Crippen LogP contribution in [-0.2, 0) is 0 Å². The molecule has 0 amide bonds. The molecule has 100 valence electrons. The first-order valence-corrected chi connectivity index (χ1v) is 6.93. The van der Waals surface area contributed by atoms with Gasteiger partial charge in [-0.25, -0.2) is 9.37 Å². The minimum absolute atomic E-state index is 0.225. The van der Waals surface area contributed by atoms with Crippen molar-refractivity contribution >= 4 is 0 Å². The Labute approximate surface area is 112 Å². The number of nitrogens with zero attached hydrogens (tertiary/aromatic N) is 2. The van der Waals surface area contributed by atoms with E-state index in [1.165, 1.54) is 19.3 Å². The summed E-state index contributed by atoms with van der Waals surface area (Å²) < 4.78 is 14.0. The van der Waals surface area contributed by atoms with E-state index < -0.39 is 0 Å². The molecule has 1 heterocycles. The molecule has 0 bridgehead atoms. The van der Waals surface area contributed by atoms with Gasteiger partial charge in [0.05, 0.1) is 5.56 Å². The molecule has 1 aliphatic rings. The number of hydrogen-bond donors (Lipinski definition) is 1. The van der Waals surface area contributed by atoms with Crippen LogP contribution in [0.2, 0.25) is 0 Å². The van der Waals surface area contributed by atoms with Gasteiger partial charge >= 0.3 is 0 Å². The van der Waals surface area contributed by atoms with Crippen LogP contribution >= 0.6 is 0 Å². The van der Waals surface area contributed by atoms with E-state index in [2.05, 4.69) is 15.2 Å². The van der Waals surface area contributed by atoms with Crippen molar-refractivity contribution in [1.29, 1.82) is 0 Å². The first-order valence-electron chi connectivity index (χ1n) is 6.93. The molecule has 0 spiro atoms. The number of rotatable bonds is 2. The summed E-state index contributed by atoms with van der Waals surface area (Å²) >= 11 is 0. The van der Waals surface area contributed by atoms with Crippen LogP contribution in [0.4, 0.5) is 4.39 Å².